The molecular formula is C26H30N8O6. The monoisotopic (exact) mass is 550 g/mol. The summed E-state index contributed by atoms with van der Waals surface area (Å²) in [5.41, 5.74) is 4.08. The largest absolute Gasteiger partial charge is 0.493 e. The van der Waals surface area contributed by atoms with E-state index in [1.807, 2.05) is 6.07 Å². The molecule has 2 aliphatic rings. The number of hydrogen-bond acceptors (Lipinski definition) is 13. The van der Waals surface area contributed by atoms with Gasteiger partial charge in [0.25, 0.3) is 5.69 Å². The Morgan fingerprint density at radius 2 is 1.62 bits per heavy atom. The van der Waals surface area contributed by atoms with Crippen LogP contribution in [0.25, 0.3) is 0 Å². The molecular weight excluding hydrogens is 520 g/mol. The first kappa shape index (κ1) is 27.0. The van der Waals surface area contributed by atoms with Crippen LogP contribution in [-0.2, 0) is 16.1 Å². The van der Waals surface area contributed by atoms with Crippen molar-refractivity contribution in [3.63, 3.8) is 0 Å². The minimum Gasteiger partial charge on any atom is -0.493 e. The molecule has 2 fully saturated rings. The van der Waals surface area contributed by atoms with Gasteiger partial charge in [-0.05, 0) is 29.8 Å². The van der Waals surface area contributed by atoms with E-state index in [0.717, 1.165) is 0 Å². The van der Waals surface area contributed by atoms with E-state index in [4.69, 9.17) is 23.9 Å². The molecule has 0 spiro atoms. The Bertz CT molecular complexity index is 1310. The van der Waals surface area contributed by atoms with Gasteiger partial charge in [0.2, 0.25) is 17.8 Å². The van der Waals surface area contributed by atoms with Crippen LogP contribution in [0.5, 0.6) is 11.5 Å². The highest BCUT2D eigenvalue weighted by Crippen LogP contribution is 2.29. The number of anilines is 3. The number of rotatable bonds is 10. The third-order valence-corrected chi connectivity index (χ3v) is 6.34. The quantitative estimate of drug-likeness (QED) is 0.224. The summed E-state index contributed by atoms with van der Waals surface area (Å²) in [7, 11) is 1.53. The maximum absolute atomic E-state index is 11.3. The fourth-order valence-corrected chi connectivity index (χ4v) is 4.23. The third kappa shape index (κ3) is 6.71. The van der Waals surface area contributed by atoms with Crippen LogP contribution in [0.1, 0.15) is 11.1 Å². The fourth-order valence-electron chi connectivity index (χ4n) is 4.23. The highest BCUT2D eigenvalue weighted by molar-refractivity contribution is 5.81. The van der Waals surface area contributed by atoms with Crippen molar-refractivity contribution in [1.29, 1.82) is 0 Å². The van der Waals surface area contributed by atoms with Gasteiger partial charge in [-0.15, -0.1) is 0 Å². The van der Waals surface area contributed by atoms with Gasteiger partial charge in [-0.2, -0.15) is 20.1 Å². The van der Waals surface area contributed by atoms with Crippen LogP contribution in [0.4, 0.5) is 23.5 Å². The first-order valence-electron chi connectivity index (χ1n) is 12.8. The predicted molar refractivity (Wildman–Crippen MR) is 148 cm³/mol. The highest BCUT2D eigenvalue weighted by atomic mass is 16.6. The molecule has 2 aliphatic heterocycles. The van der Waals surface area contributed by atoms with Crippen molar-refractivity contribution in [1.82, 2.24) is 15.0 Å². The SMILES string of the molecule is COc1ccc(/C=N\Nc2nc(N3CCOCC3)nc(N3CCOCC3)n2)cc1OCc1ccccc1[N+](=O)[O-]. The van der Waals surface area contributed by atoms with Gasteiger partial charge in [0.05, 0.1) is 50.2 Å². The van der Waals surface area contributed by atoms with Crippen molar-refractivity contribution in [3.05, 3.63) is 63.7 Å². The first-order chi connectivity index (χ1) is 19.6. The van der Waals surface area contributed by atoms with Gasteiger partial charge in [-0.3, -0.25) is 10.1 Å². The Hall–Kier alpha value is -4.56. The lowest BCUT2D eigenvalue weighted by molar-refractivity contribution is -0.385. The molecule has 0 radical (unpaired) electrons. The van der Waals surface area contributed by atoms with Crippen molar-refractivity contribution in [3.8, 4) is 11.5 Å². The van der Waals surface area contributed by atoms with Gasteiger partial charge in [-0.1, -0.05) is 12.1 Å². The number of nitrogens with zero attached hydrogens (tertiary/aromatic N) is 7. The molecule has 0 aliphatic carbocycles. The molecule has 0 amide bonds. The van der Waals surface area contributed by atoms with Gasteiger partial charge in [-0.25, -0.2) is 5.43 Å². The number of hydrogen-bond donors (Lipinski definition) is 1. The number of benzene rings is 2. The number of para-hydroxylation sites is 1. The Labute approximate surface area is 230 Å². The second-order valence-electron chi connectivity index (χ2n) is 8.91. The lowest BCUT2D eigenvalue weighted by atomic mass is 10.2. The molecule has 0 saturated carbocycles. The smallest absolute Gasteiger partial charge is 0.276 e. The molecule has 3 heterocycles. The second kappa shape index (κ2) is 13.0. The molecule has 14 nitrogen and oxygen atoms in total. The van der Waals surface area contributed by atoms with Crippen LogP contribution in [0.3, 0.4) is 0 Å². The number of hydrazone groups is 1. The van der Waals surface area contributed by atoms with Gasteiger partial charge >= 0.3 is 0 Å². The fraction of sp³-hybridized carbons (Fsp3) is 0.385. The van der Waals surface area contributed by atoms with Crippen LogP contribution >= 0.6 is 0 Å². The Balaban J connectivity index is 1.32. The van der Waals surface area contributed by atoms with E-state index in [-0.39, 0.29) is 12.3 Å². The average molecular weight is 551 g/mol. The van der Waals surface area contributed by atoms with Crippen LogP contribution in [0.15, 0.2) is 47.6 Å². The maximum Gasteiger partial charge on any atom is 0.276 e. The summed E-state index contributed by atoms with van der Waals surface area (Å²) in [4.78, 5) is 28.9. The Morgan fingerprint density at radius 1 is 0.975 bits per heavy atom. The number of nitrogens with one attached hydrogen (secondary N) is 1. The normalized spacial score (nSPS) is 15.7. The average Bonchev–Trinajstić information content (AvgIpc) is 3.01. The topological polar surface area (TPSA) is 150 Å². The van der Waals surface area contributed by atoms with Crippen molar-refractivity contribution < 1.29 is 23.9 Å². The number of morpholine rings is 2. The molecule has 1 aromatic heterocycles. The zero-order chi connectivity index (χ0) is 27.7. The van der Waals surface area contributed by atoms with Gasteiger partial charge < -0.3 is 28.7 Å². The highest BCUT2D eigenvalue weighted by Gasteiger charge is 2.21. The lowest BCUT2D eigenvalue weighted by Crippen LogP contribution is -2.40. The molecule has 2 saturated heterocycles. The number of aromatic nitrogens is 3. The third-order valence-electron chi connectivity index (χ3n) is 6.34. The van der Waals surface area contributed by atoms with E-state index in [1.54, 1.807) is 36.5 Å². The lowest BCUT2D eigenvalue weighted by Gasteiger charge is -2.30. The molecule has 40 heavy (non-hydrogen) atoms. The molecule has 3 aromatic rings. The number of nitro benzene ring substituents is 1. The maximum atomic E-state index is 11.3. The van der Waals surface area contributed by atoms with E-state index in [1.165, 1.54) is 13.2 Å². The first-order valence-corrected chi connectivity index (χ1v) is 12.8. The standard InChI is InChI=1S/C26H30N8O6/c1-37-22-7-6-19(16-23(22)40-18-20-4-2-3-5-21(20)34(35)36)17-27-31-24-28-25(32-8-12-38-13-9-32)30-26(29-24)33-10-14-39-15-11-33/h2-7,16-17H,8-15,18H2,1H3,(H,28,29,30,31)/b27-17-. The molecule has 2 aromatic carbocycles. The second-order valence-corrected chi connectivity index (χ2v) is 8.91. The van der Waals surface area contributed by atoms with E-state index >= 15 is 0 Å². The molecule has 14 heteroatoms. The molecule has 0 atom stereocenters. The molecule has 0 bridgehead atoms. The summed E-state index contributed by atoms with van der Waals surface area (Å²) in [5, 5.41) is 15.7. The summed E-state index contributed by atoms with van der Waals surface area (Å²) in [6.07, 6.45) is 1.60. The van der Waals surface area contributed by atoms with Crippen LogP contribution in [0, 0.1) is 10.1 Å². The van der Waals surface area contributed by atoms with E-state index in [2.05, 4.69) is 30.3 Å². The van der Waals surface area contributed by atoms with E-state index in [0.29, 0.717) is 93.1 Å². The Kier molecular flexibility index (Phi) is 8.78. The summed E-state index contributed by atoms with van der Waals surface area (Å²) in [5.74, 6) is 2.36. The number of methoxy groups -OCH3 is 1. The van der Waals surface area contributed by atoms with Crippen molar-refractivity contribution >= 4 is 29.7 Å². The summed E-state index contributed by atoms with van der Waals surface area (Å²) in [6.45, 7) is 5.21. The number of ether oxygens (including phenoxy) is 4. The molecule has 210 valence electrons. The zero-order valence-electron chi connectivity index (χ0n) is 22.1. The molecule has 0 unspecified atom stereocenters. The molecule has 5 rings (SSSR count). The zero-order valence-corrected chi connectivity index (χ0v) is 22.1. The van der Waals surface area contributed by atoms with Crippen LogP contribution < -0.4 is 24.7 Å². The van der Waals surface area contributed by atoms with Crippen molar-refractivity contribution in [2.45, 2.75) is 6.61 Å². The van der Waals surface area contributed by atoms with Crippen LogP contribution in [0.2, 0.25) is 0 Å². The summed E-state index contributed by atoms with van der Waals surface area (Å²) in [6, 6.07) is 11.7. The van der Waals surface area contributed by atoms with E-state index < -0.39 is 4.92 Å². The number of nitro groups is 1. The minimum atomic E-state index is -0.430. The summed E-state index contributed by atoms with van der Waals surface area (Å²) >= 11 is 0. The van der Waals surface area contributed by atoms with Crippen molar-refractivity contribution in [2.24, 2.45) is 5.10 Å². The van der Waals surface area contributed by atoms with E-state index in [9.17, 15) is 10.1 Å². The summed E-state index contributed by atoms with van der Waals surface area (Å²) < 4.78 is 22.2. The van der Waals surface area contributed by atoms with Gasteiger partial charge in [0.1, 0.15) is 6.61 Å². The molecule has 1 N–H and O–H groups in total. The Morgan fingerprint density at radius 3 is 2.25 bits per heavy atom. The van der Waals surface area contributed by atoms with Crippen molar-refractivity contribution in [2.75, 3.05) is 74.9 Å². The van der Waals surface area contributed by atoms with Gasteiger partial charge in [0.15, 0.2) is 11.5 Å². The minimum absolute atomic E-state index is 0.00580. The predicted octanol–water partition coefficient (Wildman–Crippen LogP) is 2.49. The van der Waals surface area contributed by atoms with Crippen LogP contribution in [-0.4, -0.2) is 85.8 Å². The van der Waals surface area contributed by atoms with Gasteiger partial charge in [0, 0.05) is 32.2 Å².